The normalized spacial score (nSPS) is 8.33. The SMILES string of the molecule is CCO.CCO.CN(C)c1ccc(C(=O)O)cc1. The molecule has 104 valence electrons. The Balaban J connectivity index is 0. The van der Waals surface area contributed by atoms with Crippen LogP contribution in [-0.4, -0.2) is 48.6 Å². The van der Waals surface area contributed by atoms with E-state index in [1.807, 2.05) is 19.0 Å². The molecule has 0 amide bonds. The molecule has 0 atom stereocenters. The Hall–Kier alpha value is -1.59. The van der Waals surface area contributed by atoms with E-state index in [4.69, 9.17) is 15.3 Å². The molecule has 1 aromatic rings. The summed E-state index contributed by atoms with van der Waals surface area (Å²) in [4.78, 5) is 12.4. The van der Waals surface area contributed by atoms with Crippen molar-refractivity contribution in [1.29, 1.82) is 0 Å². The molecule has 0 spiro atoms. The fourth-order valence-electron chi connectivity index (χ4n) is 0.902. The van der Waals surface area contributed by atoms with Crippen molar-refractivity contribution >= 4 is 11.7 Å². The van der Waals surface area contributed by atoms with Gasteiger partial charge in [0.1, 0.15) is 0 Å². The summed E-state index contributed by atoms with van der Waals surface area (Å²) in [5, 5.41) is 23.7. The van der Waals surface area contributed by atoms with Gasteiger partial charge < -0.3 is 20.2 Å². The average Bonchev–Trinajstić information content (AvgIpc) is 2.31. The number of rotatable bonds is 2. The zero-order valence-electron chi connectivity index (χ0n) is 11.4. The Bertz CT molecular complexity index is 307. The minimum atomic E-state index is -0.889. The van der Waals surface area contributed by atoms with Crippen LogP contribution >= 0.6 is 0 Å². The summed E-state index contributed by atoms with van der Waals surface area (Å²) >= 11 is 0. The predicted octanol–water partition coefficient (Wildman–Crippen LogP) is 1.45. The lowest BCUT2D eigenvalue weighted by molar-refractivity contribution is 0.0697. The van der Waals surface area contributed by atoms with E-state index in [9.17, 15) is 4.79 Å². The molecule has 0 saturated heterocycles. The molecule has 0 heterocycles. The Morgan fingerprint density at radius 1 is 1.06 bits per heavy atom. The second kappa shape index (κ2) is 11.9. The lowest BCUT2D eigenvalue weighted by atomic mass is 10.2. The number of carbonyl (C=O) groups is 1. The number of hydrogen-bond acceptors (Lipinski definition) is 4. The molecule has 3 N–H and O–H groups in total. The molecule has 18 heavy (non-hydrogen) atoms. The molecule has 0 fully saturated rings. The molecule has 0 saturated carbocycles. The Morgan fingerprint density at radius 2 is 1.39 bits per heavy atom. The summed E-state index contributed by atoms with van der Waals surface area (Å²) in [5.41, 5.74) is 1.32. The first-order valence-electron chi connectivity index (χ1n) is 5.66. The van der Waals surface area contributed by atoms with Crippen molar-refractivity contribution in [2.45, 2.75) is 13.8 Å². The number of benzene rings is 1. The van der Waals surface area contributed by atoms with E-state index in [1.54, 1.807) is 38.1 Å². The van der Waals surface area contributed by atoms with Gasteiger partial charge in [0.05, 0.1) is 5.56 Å². The first-order chi connectivity index (χ1) is 8.44. The van der Waals surface area contributed by atoms with Crippen LogP contribution in [0.15, 0.2) is 24.3 Å². The van der Waals surface area contributed by atoms with Crippen molar-refractivity contribution in [3.05, 3.63) is 29.8 Å². The van der Waals surface area contributed by atoms with Crippen LogP contribution < -0.4 is 4.90 Å². The van der Waals surface area contributed by atoms with E-state index in [2.05, 4.69) is 0 Å². The van der Waals surface area contributed by atoms with E-state index in [0.717, 1.165) is 5.69 Å². The molecule has 1 rings (SSSR count). The van der Waals surface area contributed by atoms with Crippen molar-refractivity contribution in [1.82, 2.24) is 0 Å². The quantitative estimate of drug-likeness (QED) is 0.747. The van der Waals surface area contributed by atoms with Crippen molar-refractivity contribution in [2.24, 2.45) is 0 Å². The van der Waals surface area contributed by atoms with Crippen LogP contribution in [0.1, 0.15) is 24.2 Å². The highest BCUT2D eigenvalue weighted by Gasteiger charge is 2.01. The molecule has 0 aliphatic carbocycles. The van der Waals surface area contributed by atoms with Crippen LogP contribution in [0, 0.1) is 0 Å². The molecular weight excluding hydrogens is 234 g/mol. The van der Waals surface area contributed by atoms with Gasteiger partial charge in [-0.05, 0) is 38.1 Å². The standard InChI is InChI=1S/C9H11NO2.2C2H6O/c1-10(2)8-5-3-7(4-6-8)9(11)12;2*1-2-3/h3-6H,1-2H3,(H,11,12);2*3H,2H2,1H3. The average molecular weight is 257 g/mol. The maximum Gasteiger partial charge on any atom is 0.335 e. The minimum absolute atomic E-state index is 0.250. The highest BCUT2D eigenvalue weighted by atomic mass is 16.4. The van der Waals surface area contributed by atoms with Gasteiger partial charge in [-0.15, -0.1) is 0 Å². The molecule has 0 aromatic heterocycles. The van der Waals surface area contributed by atoms with E-state index in [1.165, 1.54) is 0 Å². The summed E-state index contributed by atoms with van der Waals surface area (Å²) in [6.45, 7) is 3.86. The Morgan fingerprint density at radius 3 is 1.61 bits per heavy atom. The molecule has 0 radical (unpaired) electrons. The first-order valence-corrected chi connectivity index (χ1v) is 5.66. The van der Waals surface area contributed by atoms with Gasteiger partial charge in [-0.25, -0.2) is 4.79 Å². The fraction of sp³-hybridized carbons (Fsp3) is 0.462. The summed E-state index contributed by atoms with van der Waals surface area (Å²) in [7, 11) is 3.82. The number of hydrogen-bond donors (Lipinski definition) is 3. The van der Waals surface area contributed by atoms with Crippen LogP contribution in [0.2, 0.25) is 0 Å². The topological polar surface area (TPSA) is 81.0 Å². The van der Waals surface area contributed by atoms with Gasteiger partial charge in [-0.1, -0.05) is 0 Å². The highest BCUT2D eigenvalue weighted by Crippen LogP contribution is 2.11. The molecule has 0 unspecified atom stereocenters. The summed E-state index contributed by atoms with van der Waals surface area (Å²) in [6.07, 6.45) is 0. The number of carboxylic acids is 1. The number of aliphatic hydroxyl groups is 2. The van der Waals surface area contributed by atoms with Gasteiger partial charge >= 0.3 is 5.97 Å². The molecular formula is C13H23NO4. The zero-order chi connectivity index (χ0) is 14.6. The largest absolute Gasteiger partial charge is 0.478 e. The van der Waals surface area contributed by atoms with Crippen LogP contribution in [0.5, 0.6) is 0 Å². The van der Waals surface area contributed by atoms with E-state index >= 15 is 0 Å². The first kappa shape index (κ1) is 18.8. The van der Waals surface area contributed by atoms with E-state index < -0.39 is 5.97 Å². The van der Waals surface area contributed by atoms with Crippen LogP contribution in [0.3, 0.4) is 0 Å². The molecule has 0 aliphatic rings. The molecule has 0 bridgehead atoms. The second-order valence-electron chi connectivity index (χ2n) is 3.38. The van der Waals surface area contributed by atoms with Gasteiger partial charge in [0.2, 0.25) is 0 Å². The van der Waals surface area contributed by atoms with Crippen molar-refractivity contribution in [2.75, 3.05) is 32.2 Å². The Labute approximate surface area is 108 Å². The van der Waals surface area contributed by atoms with Crippen LogP contribution in [0.4, 0.5) is 5.69 Å². The Kier molecular flexibility index (Phi) is 12.4. The highest BCUT2D eigenvalue weighted by molar-refractivity contribution is 5.88. The van der Waals surface area contributed by atoms with Gasteiger partial charge in [0.15, 0.2) is 0 Å². The zero-order valence-corrected chi connectivity index (χ0v) is 11.4. The monoisotopic (exact) mass is 257 g/mol. The fourth-order valence-corrected chi connectivity index (χ4v) is 0.902. The maximum absolute atomic E-state index is 10.5. The van der Waals surface area contributed by atoms with E-state index in [0.29, 0.717) is 5.56 Å². The number of nitrogens with zero attached hydrogens (tertiary/aromatic N) is 1. The number of aromatic carboxylic acids is 1. The lowest BCUT2D eigenvalue weighted by Crippen LogP contribution is -2.08. The van der Waals surface area contributed by atoms with Gasteiger partial charge in [0.25, 0.3) is 0 Å². The number of anilines is 1. The number of aliphatic hydroxyl groups excluding tert-OH is 2. The van der Waals surface area contributed by atoms with Crippen molar-refractivity contribution in [3.8, 4) is 0 Å². The van der Waals surface area contributed by atoms with Crippen molar-refractivity contribution < 1.29 is 20.1 Å². The molecule has 1 aromatic carbocycles. The lowest BCUT2D eigenvalue weighted by Gasteiger charge is -2.11. The van der Waals surface area contributed by atoms with Gasteiger partial charge in [-0.2, -0.15) is 0 Å². The summed E-state index contributed by atoms with van der Waals surface area (Å²) < 4.78 is 0. The second-order valence-corrected chi connectivity index (χ2v) is 3.38. The molecule has 5 heteroatoms. The third-order valence-electron chi connectivity index (χ3n) is 1.63. The summed E-state index contributed by atoms with van der Waals surface area (Å²) in [6, 6.07) is 6.75. The maximum atomic E-state index is 10.5. The van der Waals surface area contributed by atoms with Crippen LogP contribution in [0.25, 0.3) is 0 Å². The molecule has 0 aliphatic heterocycles. The van der Waals surface area contributed by atoms with Crippen molar-refractivity contribution in [3.63, 3.8) is 0 Å². The minimum Gasteiger partial charge on any atom is -0.478 e. The van der Waals surface area contributed by atoms with Gasteiger partial charge in [0, 0.05) is 33.0 Å². The third-order valence-corrected chi connectivity index (χ3v) is 1.63. The van der Waals surface area contributed by atoms with Gasteiger partial charge in [-0.3, -0.25) is 0 Å². The predicted molar refractivity (Wildman–Crippen MR) is 73.2 cm³/mol. The van der Waals surface area contributed by atoms with Crippen LogP contribution in [-0.2, 0) is 0 Å². The molecule has 5 nitrogen and oxygen atoms in total. The smallest absolute Gasteiger partial charge is 0.335 e. The van der Waals surface area contributed by atoms with E-state index in [-0.39, 0.29) is 13.2 Å². The number of carboxylic acid groups (broad SMARTS) is 1. The third kappa shape index (κ3) is 9.62. The summed E-state index contributed by atoms with van der Waals surface area (Å²) in [5.74, 6) is -0.889.